The van der Waals surface area contributed by atoms with Crippen LogP contribution in [0.25, 0.3) is 0 Å². The van der Waals surface area contributed by atoms with Gasteiger partial charge in [0, 0.05) is 17.9 Å². The normalized spacial score (nSPS) is 20.1. The van der Waals surface area contributed by atoms with Crippen LogP contribution in [0.5, 0.6) is 0 Å². The Bertz CT molecular complexity index is 410. The average molecular weight is 224 g/mol. The quantitative estimate of drug-likeness (QED) is 0.773. The molecule has 1 unspecified atom stereocenters. The topological polar surface area (TPSA) is 62.0 Å². The maximum Gasteiger partial charge on any atom is 0.268 e. The van der Waals surface area contributed by atoms with E-state index in [9.17, 15) is 9.59 Å². The summed E-state index contributed by atoms with van der Waals surface area (Å²) in [5.41, 5.74) is 0.0860. The van der Waals surface area contributed by atoms with Crippen LogP contribution >= 0.6 is 11.8 Å². The molecule has 1 amide bonds. The van der Waals surface area contributed by atoms with Crippen molar-refractivity contribution in [2.45, 2.75) is 12.5 Å². The third-order valence-corrected chi connectivity index (χ3v) is 3.44. The highest BCUT2D eigenvalue weighted by molar-refractivity contribution is 7.99. The van der Waals surface area contributed by atoms with Crippen molar-refractivity contribution in [1.82, 2.24) is 10.3 Å². The lowest BCUT2D eigenvalue weighted by molar-refractivity contribution is 0.0936. The molecule has 1 saturated heterocycles. The Hall–Kier alpha value is -1.23. The Balaban J connectivity index is 2.04. The molecule has 2 rings (SSSR count). The Morgan fingerprint density at radius 1 is 1.53 bits per heavy atom. The van der Waals surface area contributed by atoms with Crippen LogP contribution in [-0.4, -0.2) is 28.4 Å². The van der Waals surface area contributed by atoms with Crippen LogP contribution in [0, 0.1) is 0 Å². The van der Waals surface area contributed by atoms with Gasteiger partial charge in [-0.25, -0.2) is 0 Å². The molecule has 1 fully saturated rings. The van der Waals surface area contributed by atoms with Gasteiger partial charge in [-0.2, -0.15) is 11.8 Å². The van der Waals surface area contributed by atoms with Crippen LogP contribution in [0.1, 0.15) is 16.9 Å². The van der Waals surface area contributed by atoms with E-state index >= 15 is 0 Å². The summed E-state index contributed by atoms with van der Waals surface area (Å²) in [5.74, 6) is 1.86. The summed E-state index contributed by atoms with van der Waals surface area (Å²) in [7, 11) is 0. The molecule has 5 heteroatoms. The molecule has 1 aromatic heterocycles. The largest absolute Gasteiger partial charge is 0.347 e. The molecule has 1 aliphatic rings. The average Bonchev–Trinajstić information content (AvgIpc) is 2.70. The van der Waals surface area contributed by atoms with Crippen LogP contribution in [0.15, 0.2) is 23.0 Å². The van der Waals surface area contributed by atoms with Gasteiger partial charge in [0.1, 0.15) is 5.69 Å². The fourth-order valence-electron chi connectivity index (χ4n) is 1.49. The zero-order valence-corrected chi connectivity index (χ0v) is 8.97. The van der Waals surface area contributed by atoms with E-state index in [-0.39, 0.29) is 17.5 Å². The number of amides is 1. The van der Waals surface area contributed by atoms with E-state index in [0.29, 0.717) is 5.69 Å². The van der Waals surface area contributed by atoms with Gasteiger partial charge in [0.05, 0.1) is 0 Å². The van der Waals surface area contributed by atoms with Gasteiger partial charge >= 0.3 is 0 Å². The molecule has 2 heterocycles. The first-order chi connectivity index (χ1) is 7.25. The van der Waals surface area contributed by atoms with Gasteiger partial charge in [-0.3, -0.25) is 9.59 Å². The molecule has 0 saturated carbocycles. The number of thioether (sulfide) groups is 1. The number of hydrogen-bond donors (Lipinski definition) is 2. The number of aromatic amines is 1. The van der Waals surface area contributed by atoms with Gasteiger partial charge in [0.2, 0.25) is 5.56 Å². The third kappa shape index (κ3) is 2.62. The van der Waals surface area contributed by atoms with Crippen molar-refractivity contribution in [1.29, 1.82) is 0 Å². The standard InChI is InChI=1S/C10H12N2O2S/c13-9-3-1-2-8(12-9)10(14)11-7-4-5-15-6-7/h1-3,7H,4-6H2,(H,11,14)(H,12,13). The predicted molar refractivity (Wildman–Crippen MR) is 60.3 cm³/mol. The van der Waals surface area contributed by atoms with Crippen LogP contribution in [-0.2, 0) is 0 Å². The molecule has 4 nitrogen and oxygen atoms in total. The molecule has 0 bridgehead atoms. The van der Waals surface area contributed by atoms with Crippen LogP contribution in [0.3, 0.4) is 0 Å². The van der Waals surface area contributed by atoms with Gasteiger partial charge < -0.3 is 10.3 Å². The van der Waals surface area contributed by atoms with Crippen LogP contribution < -0.4 is 10.9 Å². The minimum atomic E-state index is -0.247. The van der Waals surface area contributed by atoms with E-state index in [4.69, 9.17) is 0 Å². The van der Waals surface area contributed by atoms with Crippen molar-refractivity contribution in [3.63, 3.8) is 0 Å². The van der Waals surface area contributed by atoms with E-state index in [1.807, 2.05) is 11.8 Å². The number of nitrogens with one attached hydrogen (secondary N) is 2. The molecule has 80 valence electrons. The third-order valence-electron chi connectivity index (χ3n) is 2.28. The van der Waals surface area contributed by atoms with Gasteiger partial charge in [-0.1, -0.05) is 6.07 Å². The van der Waals surface area contributed by atoms with E-state index in [1.165, 1.54) is 6.07 Å². The summed E-state index contributed by atoms with van der Waals surface area (Å²) in [4.78, 5) is 25.2. The molecule has 0 spiro atoms. The molecule has 1 atom stereocenters. The summed E-state index contributed by atoms with van der Waals surface area (Å²) in [6, 6.07) is 4.82. The Morgan fingerprint density at radius 2 is 2.40 bits per heavy atom. The second kappa shape index (κ2) is 4.53. The monoisotopic (exact) mass is 224 g/mol. The summed E-state index contributed by atoms with van der Waals surface area (Å²) in [6.07, 6.45) is 1.01. The molecule has 0 aliphatic carbocycles. The summed E-state index contributed by atoms with van der Waals surface area (Å²) < 4.78 is 0. The first-order valence-electron chi connectivity index (χ1n) is 4.83. The van der Waals surface area contributed by atoms with Gasteiger partial charge in [-0.05, 0) is 18.2 Å². The minimum absolute atomic E-state index is 0.194. The lowest BCUT2D eigenvalue weighted by Gasteiger charge is -2.10. The highest BCUT2D eigenvalue weighted by Gasteiger charge is 2.18. The SMILES string of the molecule is O=C(NC1CCSC1)c1cccc(=O)[nH]1. The molecule has 0 radical (unpaired) electrons. The molecule has 0 aromatic carbocycles. The Morgan fingerprint density at radius 3 is 3.07 bits per heavy atom. The summed E-state index contributed by atoms with van der Waals surface area (Å²) in [5, 5.41) is 2.89. The smallest absolute Gasteiger partial charge is 0.268 e. The zero-order valence-electron chi connectivity index (χ0n) is 8.16. The van der Waals surface area contributed by atoms with Gasteiger partial charge in [0.15, 0.2) is 0 Å². The molecular weight excluding hydrogens is 212 g/mol. The lowest BCUT2D eigenvalue weighted by Crippen LogP contribution is -2.35. The number of carbonyl (C=O) groups is 1. The van der Waals surface area contributed by atoms with Crippen molar-refractivity contribution >= 4 is 17.7 Å². The Labute approximate surface area is 91.5 Å². The van der Waals surface area contributed by atoms with Crippen LogP contribution in [0.4, 0.5) is 0 Å². The van der Waals surface area contributed by atoms with Crippen molar-refractivity contribution in [2.24, 2.45) is 0 Å². The molecule has 15 heavy (non-hydrogen) atoms. The first kappa shape index (κ1) is 10.3. The van der Waals surface area contributed by atoms with E-state index < -0.39 is 0 Å². The lowest BCUT2D eigenvalue weighted by atomic mass is 10.2. The number of hydrogen-bond acceptors (Lipinski definition) is 3. The van der Waals surface area contributed by atoms with Crippen LogP contribution in [0.2, 0.25) is 0 Å². The summed E-state index contributed by atoms with van der Waals surface area (Å²) >= 11 is 1.84. The highest BCUT2D eigenvalue weighted by atomic mass is 32.2. The van der Waals surface area contributed by atoms with Gasteiger partial charge in [0.25, 0.3) is 5.91 Å². The number of H-pyrrole nitrogens is 1. The molecular formula is C10H12N2O2S. The fourth-order valence-corrected chi connectivity index (χ4v) is 2.64. The predicted octanol–water partition coefficient (Wildman–Crippen LogP) is 0.610. The molecule has 1 aromatic rings. The van der Waals surface area contributed by atoms with E-state index in [0.717, 1.165) is 17.9 Å². The molecule has 1 aliphatic heterocycles. The Kier molecular flexibility index (Phi) is 3.11. The highest BCUT2D eigenvalue weighted by Crippen LogP contribution is 2.17. The number of rotatable bonds is 2. The van der Waals surface area contributed by atoms with Crippen molar-refractivity contribution in [3.8, 4) is 0 Å². The zero-order chi connectivity index (χ0) is 10.7. The number of aromatic nitrogens is 1. The molecule has 2 N–H and O–H groups in total. The first-order valence-corrected chi connectivity index (χ1v) is 5.99. The van der Waals surface area contributed by atoms with Gasteiger partial charge in [-0.15, -0.1) is 0 Å². The fraction of sp³-hybridized carbons (Fsp3) is 0.400. The minimum Gasteiger partial charge on any atom is -0.347 e. The maximum atomic E-state index is 11.7. The number of carbonyl (C=O) groups excluding carboxylic acids is 1. The second-order valence-corrected chi connectivity index (χ2v) is 4.61. The maximum absolute atomic E-state index is 11.7. The van der Waals surface area contributed by atoms with E-state index in [1.54, 1.807) is 12.1 Å². The van der Waals surface area contributed by atoms with E-state index in [2.05, 4.69) is 10.3 Å². The van der Waals surface area contributed by atoms with Crippen molar-refractivity contribution in [3.05, 3.63) is 34.2 Å². The number of pyridine rings is 1. The second-order valence-electron chi connectivity index (χ2n) is 3.46. The van der Waals surface area contributed by atoms with Crippen molar-refractivity contribution < 1.29 is 4.79 Å². The van der Waals surface area contributed by atoms with Crippen molar-refractivity contribution in [2.75, 3.05) is 11.5 Å². The summed E-state index contributed by atoms with van der Waals surface area (Å²) in [6.45, 7) is 0.